The monoisotopic (exact) mass is 268 g/mol. The van der Waals surface area contributed by atoms with Gasteiger partial charge in [0, 0.05) is 11.5 Å². The summed E-state index contributed by atoms with van der Waals surface area (Å²) in [6, 6.07) is 14.6. The predicted octanol–water partition coefficient (Wildman–Crippen LogP) is 4.24. The maximum atomic E-state index is 11.5. The molecular formula is C18H20O2. The number of benzene rings is 2. The van der Waals surface area contributed by atoms with Crippen molar-refractivity contribution < 1.29 is 9.53 Å². The first-order valence-corrected chi connectivity index (χ1v) is 6.89. The van der Waals surface area contributed by atoms with Gasteiger partial charge in [-0.1, -0.05) is 62.4 Å². The molecule has 0 N–H and O–H groups in total. The lowest BCUT2D eigenvalue weighted by Gasteiger charge is -2.23. The lowest BCUT2D eigenvalue weighted by Crippen LogP contribution is -2.15. The van der Waals surface area contributed by atoms with Crippen molar-refractivity contribution in [2.45, 2.75) is 26.2 Å². The second kappa shape index (κ2) is 5.91. The number of hydrogen-bond acceptors (Lipinski definition) is 2. The van der Waals surface area contributed by atoms with Crippen LogP contribution in [0.1, 0.15) is 26.3 Å². The molecule has 0 aliphatic heterocycles. The molecule has 0 spiro atoms. The smallest absolute Gasteiger partial charge is 0.330 e. The number of carbonyl (C=O) groups excluding carboxylic acids is 1. The molecule has 0 aliphatic carbocycles. The van der Waals surface area contributed by atoms with Crippen LogP contribution in [-0.4, -0.2) is 12.6 Å². The topological polar surface area (TPSA) is 26.3 Å². The third kappa shape index (κ3) is 3.08. The number of rotatable bonds is 4. The molecule has 0 atom stereocenters. The van der Waals surface area contributed by atoms with Gasteiger partial charge in [0.05, 0.1) is 6.61 Å². The summed E-state index contributed by atoms with van der Waals surface area (Å²) in [5.41, 5.74) is 0.976. The summed E-state index contributed by atoms with van der Waals surface area (Å²) in [4.78, 5) is 11.5. The van der Waals surface area contributed by atoms with Gasteiger partial charge in [0.25, 0.3) is 0 Å². The van der Waals surface area contributed by atoms with Crippen LogP contribution in [0.25, 0.3) is 10.8 Å². The molecule has 0 saturated heterocycles. The Hall–Kier alpha value is -2.09. The van der Waals surface area contributed by atoms with Crippen LogP contribution in [0, 0.1) is 0 Å². The van der Waals surface area contributed by atoms with E-state index < -0.39 is 0 Å². The molecule has 0 aliphatic rings. The number of ether oxygens (including phenoxy) is 1. The number of allylic oxidation sites excluding steroid dienone is 1. The van der Waals surface area contributed by atoms with Crippen molar-refractivity contribution in [3.05, 3.63) is 60.2 Å². The van der Waals surface area contributed by atoms with Crippen LogP contribution >= 0.6 is 0 Å². The lowest BCUT2D eigenvalue weighted by atomic mass is 9.81. The molecule has 0 amide bonds. The average Bonchev–Trinajstić information content (AvgIpc) is 2.45. The van der Waals surface area contributed by atoms with E-state index in [1.165, 1.54) is 22.4 Å². The summed E-state index contributed by atoms with van der Waals surface area (Å²) in [6.07, 6.45) is 3.43. The van der Waals surface area contributed by atoms with Gasteiger partial charge in [0.2, 0.25) is 0 Å². The van der Waals surface area contributed by atoms with Crippen LogP contribution in [0.2, 0.25) is 0 Å². The Kier molecular flexibility index (Phi) is 4.23. The maximum Gasteiger partial charge on any atom is 0.330 e. The van der Waals surface area contributed by atoms with E-state index >= 15 is 0 Å². The highest BCUT2D eigenvalue weighted by molar-refractivity contribution is 5.87. The molecule has 0 unspecified atom stereocenters. The summed E-state index contributed by atoms with van der Waals surface area (Å²) in [5.74, 6) is -0.291. The minimum absolute atomic E-state index is 0.229. The Balaban J connectivity index is 2.39. The van der Waals surface area contributed by atoms with Crippen LogP contribution in [0.5, 0.6) is 0 Å². The summed E-state index contributed by atoms with van der Waals surface area (Å²) in [7, 11) is 0. The molecule has 104 valence electrons. The molecule has 2 aromatic carbocycles. The third-order valence-electron chi connectivity index (χ3n) is 3.41. The summed E-state index contributed by atoms with van der Waals surface area (Å²) in [6.45, 7) is 6.41. The van der Waals surface area contributed by atoms with Gasteiger partial charge in [0.1, 0.15) is 0 Å². The average molecular weight is 268 g/mol. The molecule has 2 heteroatoms. The van der Waals surface area contributed by atoms with E-state index in [0.717, 1.165) is 0 Å². The van der Waals surface area contributed by atoms with Crippen LogP contribution in [0.15, 0.2) is 54.6 Å². The Morgan fingerprint density at radius 2 is 1.85 bits per heavy atom. The van der Waals surface area contributed by atoms with Crippen molar-refractivity contribution in [3.8, 4) is 0 Å². The SMILES string of the molecule is CCOC(=O)C=CC(C)(C)c1cccc2ccccc12. The van der Waals surface area contributed by atoms with E-state index in [0.29, 0.717) is 6.61 Å². The molecule has 0 aromatic heterocycles. The molecule has 0 radical (unpaired) electrons. The van der Waals surface area contributed by atoms with Gasteiger partial charge in [0.15, 0.2) is 0 Å². The highest BCUT2D eigenvalue weighted by Crippen LogP contribution is 2.31. The van der Waals surface area contributed by atoms with E-state index in [-0.39, 0.29) is 11.4 Å². The highest BCUT2D eigenvalue weighted by atomic mass is 16.5. The molecule has 2 rings (SSSR count). The Morgan fingerprint density at radius 1 is 1.15 bits per heavy atom. The molecule has 0 bridgehead atoms. The molecule has 0 saturated carbocycles. The van der Waals surface area contributed by atoms with Gasteiger partial charge < -0.3 is 4.74 Å². The molecular weight excluding hydrogens is 248 g/mol. The number of fused-ring (bicyclic) bond motifs is 1. The standard InChI is InChI=1S/C18H20O2/c1-4-20-17(19)12-13-18(2,3)16-11-7-9-14-8-5-6-10-15(14)16/h5-13H,4H2,1-3H3. The predicted molar refractivity (Wildman–Crippen MR) is 82.7 cm³/mol. The molecule has 2 nitrogen and oxygen atoms in total. The highest BCUT2D eigenvalue weighted by Gasteiger charge is 2.19. The minimum Gasteiger partial charge on any atom is -0.463 e. The van der Waals surface area contributed by atoms with Crippen LogP contribution in [0.4, 0.5) is 0 Å². The zero-order chi connectivity index (χ0) is 14.6. The zero-order valence-corrected chi connectivity index (χ0v) is 12.2. The first-order valence-electron chi connectivity index (χ1n) is 6.89. The van der Waals surface area contributed by atoms with E-state index in [2.05, 4.69) is 44.2 Å². The number of esters is 1. The Morgan fingerprint density at radius 3 is 2.60 bits per heavy atom. The lowest BCUT2D eigenvalue weighted by molar-refractivity contribution is -0.137. The van der Waals surface area contributed by atoms with E-state index in [4.69, 9.17) is 4.74 Å². The van der Waals surface area contributed by atoms with Crippen LogP contribution < -0.4 is 0 Å². The van der Waals surface area contributed by atoms with Crippen molar-refractivity contribution in [2.75, 3.05) is 6.61 Å². The normalized spacial score (nSPS) is 11.9. The van der Waals surface area contributed by atoms with Crippen LogP contribution in [-0.2, 0) is 14.9 Å². The Labute approximate surface area is 120 Å². The fourth-order valence-electron chi connectivity index (χ4n) is 2.34. The molecule has 0 fully saturated rings. The first kappa shape index (κ1) is 14.3. The van der Waals surface area contributed by atoms with Gasteiger partial charge in [-0.3, -0.25) is 0 Å². The fourth-order valence-corrected chi connectivity index (χ4v) is 2.34. The van der Waals surface area contributed by atoms with Crippen molar-refractivity contribution in [1.82, 2.24) is 0 Å². The quantitative estimate of drug-likeness (QED) is 0.612. The van der Waals surface area contributed by atoms with Gasteiger partial charge >= 0.3 is 5.97 Å². The molecule has 0 heterocycles. The largest absolute Gasteiger partial charge is 0.463 e. The second-order valence-electron chi connectivity index (χ2n) is 5.33. The summed E-state index contributed by atoms with van der Waals surface area (Å²) in [5, 5.41) is 2.43. The van der Waals surface area contributed by atoms with Gasteiger partial charge in [-0.15, -0.1) is 0 Å². The molecule has 20 heavy (non-hydrogen) atoms. The fraction of sp³-hybridized carbons (Fsp3) is 0.278. The first-order chi connectivity index (χ1) is 9.54. The van der Waals surface area contributed by atoms with Crippen molar-refractivity contribution in [2.24, 2.45) is 0 Å². The van der Waals surface area contributed by atoms with Crippen molar-refractivity contribution in [1.29, 1.82) is 0 Å². The van der Waals surface area contributed by atoms with E-state index in [1.807, 2.05) is 25.1 Å². The summed E-state index contributed by atoms with van der Waals surface area (Å²) >= 11 is 0. The van der Waals surface area contributed by atoms with Crippen molar-refractivity contribution >= 4 is 16.7 Å². The van der Waals surface area contributed by atoms with Gasteiger partial charge in [-0.2, -0.15) is 0 Å². The van der Waals surface area contributed by atoms with Gasteiger partial charge in [-0.05, 0) is 23.3 Å². The third-order valence-corrected chi connectivity index (χ3v) is 3.41. The number of hydrogen-bond donors (Lipinski definition) is 0. The van der Waals surface area contributed by atoms with E-state index in [9.17, 15) is 4.79 Å². The Bertz CT molecular complexity index is 633. The zero-order valence-electron chi connectivity index (χ0n) is 12.2. The summed E-state index contributed by atoms with van der Waals surface area (Å²) < 4.78 is 4.93. The maximum absolute atomic E-state index is 11.5. The van der Waals surface area contributed by atoms with E-state index in [1.54, 1.807) is 0 Å². The number of carbonyl (C=O) groups is 1. The van der Waals surface area contributed by atoms with Gasteiger partial charge in [-0.25, -0.2) is 4.79 Å². The van der Waals surface area contributed by atoms with Crippen molar-refractivity contribution in [3.63, 3.8) is 0 Å². The molecule has 2 aromatic rings. The minimum atomic E-state index is -0.291. The second-order valence-corrected chi connectivity index (χ2v) is 5.33. The van der Waals surface area contributed by atoms with Crippen LogP contribution in [0.3, 0.4) is 0 Å².